The molecule has 1 heterocycles. The molecule has 23 heavy (non-hydrogen) atoms. The second kappa shape index (κ2) is 8.03. The minimum absolute atomic E-state index is 0. The van der Waals surface area contributed by atoms with Gasteiger partial charge in [0, 0.05) is 43.6 Å². The number of likely N-dealkylation sites (tertiary alicyclic amines) is 1. The summed E-state index contributed by atoms with van der Waals surface area (Å²) in [5, 5.41) is 6.45. The lowest BCUT2D eigenvalue weighted by Gasteiger charge is -2.62. The van der Waals surface area contributed by atoms with Crippen LogP contribution in [-0.2, 0) is 4.79 Å². The lowest BCUT2D eigenvalue weighted by atomic mass is 9.65. The largest absolute Gasteiger partial charge is 0.356 e. The summed E-state index contributed by atoms with van der Waals surface area (Å²) in [6.07, 6.45) is 4.26. The van der Waals surface area contributed by atoms with Crippen LogP contribution in [0.4, 0.5) is 0 Å². The molecule has 2 fully saturated rings. The fourth-order valence-corrected chi connectivity index (χ4v) is 3.01. The van der Waals surface area contributed by atoms with E-state index in [1.807, 2.05) is 7.05 Å². The first-order valence-electron chi connectivity index (χ1n) is 8.55. The average molecular weight is 436 g/mol. The number of nitrogens with one attached hydrogen (secondary N) is 2. The van der Waals surface area contributed by atoms with E-state index in [4.69, 9.17) is 0 Å². The molecule has 0 atom stereocenters. The number of hydrogen-bond acceptors (Lipinski definition) is 2. The summed E-state index contributed by atoms with van der Waals surface area (Å²) in [5.41, 5.74) is 0.425. The van der Waals surface area contributed by atoms with E-state index < -0.39 is 0 Å². The smallest absolute Gasteiger partial charge is 0.223 e. The van der Waals surface area contributed by atoms with Gasteiger partial charge in [0.2, 0.25) is 5.91 Å². The molecular formula is C17H33IN4O. The number of rotatable bonds is 5. The van der Waals surface area contributed by atoms with Crippen molar-refractivity contribution >= 4 is 35.8 Å². The molecule has 134 valence electrons. The Morgan fingerprint density at radius 1 is 1.17 bits per heavy atom. The van der Waals surface area contributed by atoms with E-state index in [1.54, 1.807) is 0 Å². The topological polar surface area (TPSA) is 56.7 Å². The Bertz CT molecular complexity index is 444. The van der Waals surface area contributed by atoms with Gasteiger partial charge >= 0.3 is 0 Å². The van der Waals surface area contributed by atoms with Gasteiger partial charge in [-0.25, -0.2) is 0 Å². The van der Waals surface area contributed by atoms with E-state index in [2.05, 4.69) is 48.2 Å². The van der Waals surface area contributed by atoms with Crippen LogP contribution in [0.1, 0.15) is 53.4 Å². The molecule has 6 heteroatoms. The zero-order valence-corrected chi connectivity index (χ0v) is 17.6. The average Bonchev–Trinajstić information content (AvgIpc) is 2.39. The molecule has 0 spiro atoms. The second-order valence-electron chi connectivity index (χ2n) is 7.78. The van der Waals surface area contributed by atoms with Crippen molar-refractivity contribution in [3.8, 4) is 0 Å². The zero-order valence-electron chi connectivity index (χ0n) is 15.2. The molecule has 0 unspecified atom stereocenters. The van der Waals surface area contributed by atoms with Crippen LogP contribution in [0.2, 0.25) is 0 Å². The Kier molecular flexibility index (Phi) is 7.16. The fraction of sp³-hybridized carbons (Fsp3) is 0.882. The van der Waals surface area contributed by atoms with E-state index in [0.717, 1.165) is 44.9 Å². The summed E-state index contributed by atoms with van der Waals surface area (Å²) >= 11 is 0. The maximum Gasteiger partial charge on any atom is 0.223 e. The van der Waals surface area contributed by atoms with Crippen molar-refractivity contribution in [2.45, 2.75) is 58.9 Å². The molecule has 0 aromatic heterocycles. The van der Waals surface area contributed by atoms with Crippen LogP contribution >= 0.6 is 24.0 Å². The van der Waals surface area contributed by atoms with E-state index in [1.165, 1.54) is 6.42 Å². The number of carbonyl (C=O) groups excluding carboxylic acids is 1. The van der Waals surface area contributed by atoms with Crippen LogP contribution in [0.25, 0.3) is 0 Å². The van der Waals surface area contributed by atoms with Crippen LogP contribution in [-0.4, -0.2) is 49.0 Å². The van der Waals surface area contributed by atoms with Crippen molar-refractivity contribution in [2.75, 3.05) is 26.7 Å². The number of aliphatic imine (C=N–C) groups is 1. The molecule has 1 amide bonds. The number of carbonyl (C=O) groups is 1. The molecule has 1 aliphatic heterocycles. The van der Waals surface area contributed by atoms with E-state index in [0.29, 0.717) is 5.41 Å². The third-order valence-corrected chi connectivity index (χ3v) is 5.76. The standard InChI is InChI=1S/C17H32N4O.HI/c1-16(2)12-21(17(16,3)4)15(18-5)20-11-7-10-19-14(22)13-8-6-9-13;/h13H,6-12H2,1-5H3,(H,18,20)(H,19,22);1H. The van der Waals surface area contributed by atoms with Crippen LogP contribution in [0, 0.1) is 11.3 Å². The Labute approximate surface area is 158 Å². The van der Waals surface area contributed by atoms with Gasteiger partial charge in [0.25, 0.3) is 0 Å². The van der Waals surface area contributed by atoms with Gasteiger partial charge in [-0.2, -0.15) is 0 Å². The predicted molar refractivity (Wildman–Crippen MR) is 106 cm³/mol. The first-order valence-corrected chi connectivity index (χ1v) is 8.55. The van der Waals surface area contributed by atoms with Crippen molar-refractivity contribution in [1.82, 2.24) is 15.5 Å². The lowest BCUT2D eigenvalue weighted by Crippen LogP contribution is -2.72. The highest BCUT2D eigenvalue weighted by Gasteiger charge is 2.53. The van der Waals surface area contributed by atoms with E-state index >= 15 is 0 Å². The molecule has 0 aromatic carbocycles. The molecule has 1 aliphatic carbocycles. The molecule has 1 saturated carbocycles. The first kappa shape index (κ1) is 20.5. The lowest BCUT2D eigenvalue weighted by molar-refractivity contribution is -0.127. The summed E-state index contributed by atoms with van der Waals surface area (Å²) in [6, 6.07) is 0. The molecule has 0 bridgehead atoms. The van der Waals surface area contributed by atoms with Crippen LogP contribution in [0.3, 0.4) is 0 Å². The van der Waals surface area contributed by atoms with E-state index in [9.17, 15) is 4.79 Å². The molecule has 0 radical (unpaired) electrons. The van der Waals surface area contributed by atoms with Crippen LogP contribution in [0.5, 0.6) is 0 Å². The number of guanidine groups is 1. The SMILES string of the molecule is CN=C(NCCCNC(=O)C1CCC1)N1CC(C)(C)C1(C)C.I. The van der Waals surface area contributed by atoms with Crippen molar-refractivity contribution in [2.24, 2.45) is 16.3 Å². The van der Waals surface area contributed by atoms with Crippen molar-refractivity contribution in [3.63, 3.8) is 0 Å². The number of hydrogen-bond donors (Lipinski definition) is 2. The quantitative estimate of drug-likeness (QED) is 0.302. The molecule has 2 aliphatic rings. The van der Waals surface area contributed by atoms with Crippen molar-refractivity contribution in [1.29, 1.82) is 0 Å². The molecule has 0 aromatic rings. The maximum atomic E-state index is 11.7. The van der Waals surface area contributed by atoms with Gasteiger partial charge in [0.1, 0.15) is 0 Å². The Morgan fingerprint density at radius 3 is 2.22 bits per heavy atom. The van der Waals surface area contributed by atoms with E-state index in [-0.39, 0.29) is 41.3 Å². The molecule has 1 saturated heterocycles. The highest BCUT2D eigenvalue weighted by atomic mass is 127. The summed E-state index contributed by atoms with van der Waals surface area (Å²) in [5.74, 6) is 1.49. The Morgan fingerprint density at radius 2 is 1.78 bits per heavy atom. The fourth-order valence-electron chi connectivity index (χ4n) is 3.01. The minimum Gasteiger partial charge on any atom is -0.356 e. The van der Waals surface area contributed by atoms with Crippen molar-refractivity contribution < 1.29 is 4.79 Å². The maximum absolute atomic E-state index is 11.7. The third kappa shape index (κ3) is 4.31. The molecule has 2 rings (SSSR count). The minimum atomic E-state index is 0. The molecule has 5 nitrogen and oxygen atoms in total. The summed E-state index contributed by atoms with van der Waals surface area (Å²) < 4.78 is 0. The highest BCUT2D eigenvalue weighted by Crippen LogP contribution is 2.46. The Hall–Kier alpha value is -0.530. The summed E-state index contributed by atoms with van der Waals surface area (Å²) in [4.78, 5) is 18.5. The van der Waals surface area contributed by atoms with Gasteiger partial charge in [-0.1, -0.05) is 20.3 Å². The number of halogens is 1. The van der Waals surface area contributed by atoms with Gasteiger partial charge in [-0.05, 0) is 33.1 Å². The predicted octanol–water partition coefficient (Wildman–Crippen LogP) is 2.61. The summed E-state index contributed by atoms with van der Waals surface area (Å²) in [7, 11) is 1.84. The molecule has 2 N–H and O–H groups in total. The van der Waals surface area contributed by atoms with Crippen molar-refractivity contribution in [3.05, 3.63) is 0 Å². The second-order valence-corrected chi connectivity index (χ2v) is 7.78. The van der Waals surface area contributed by atoms with Crippen LogP contribution < -0.4 is 10.6 Å². The molecular weight excluding hydrogens is 403 g/mol. The Balaban J connectivity index is 0.00000264. The van der Waals surface area contributed by atoms with Gasteiger partial charge in [-0.15, -0.1) is 24.0 Å². The monoisotopic (exact) mass is 436 g/mol. The number of amides is 1. The van der Waals surface area contributed by atoms with Gasteiger partial charge in [0.15, 0.2) is 5.96 Å². The van der Waals surface area contributed by atoms with Crippen LogP contribution in [0.15, 0.2) is 4.99 Å². The normalized spacial score (nSPS) is 22.5. The highest BCUT2D eigenvalue weighted by molar-refractivity contribution is 14.0. The first-order chi connectivity index (χ1) is 10.3. The van der Waals surface area contributed by atoms with Gasteiger partial charge in [0.05, 0.1) is 0 Å². The van der Waals surface area contributed by atoms with Gasteiger partial charge in [-0.3, -0.25) is 9.79 Å². The third-order valence-electron chi connectivity index (χ3n) is 5.76. The van der Waals surface area contributed by atoms with Gasteiger partial charge < -0.3 is 15.5 Å². The number of nitrogens with zero attached hydrogens (tertiary/aromatic N) is 2. The zero-order chi connectivity index (χ0) is 16.4. The summed E-state index contributed by atoms with van der Waals surface area (Å²) in [6.45, 7) is 11.7.